The van der Waals surface area contributed by atoms with Crippen LogP contribution in [-0.2, 0) is 6.54 Å². The minimum atomic E-state index is -0.0679. The smallest absolute Gasteiger partial charge is 0.318 e. The molecule has 1 aliphatic rings. The summed E-state index contributed by atoms with van der Waals surface area (Å²) in [5.74, 6) is 0.548. The molecule has 2 unspecified atom stereocenters. The molecular weight excluding hydrogens is 252 g/mol. The van der Waals surface area contributed by atoms with Crippen molar-refractivity contribution < 1.29 is 9.90 Å². The Kier molecular flexibility index (Phi) is 5.41. The van der Waals surface area contributed by atoms with Gasteiger partial charge in [-0.05, 0) is 24.3 Å². The van der Waals surface area contributed by atoms with Gasteiger partial charge >= 0.3 is 6.03 Å². The quantitative estimate of drug-likeness (QED) is 0.867. The predicted octanol–water partition coefficient (Wildman–Crippen LogP) is 2.38. The van der Waals surface area contributed by atoms with E-state index in [1.165, 1.54) is 12.8 Å². The third-order valence-electron chi connectivity index (χ3n) is 4.04. The van der Waals surface area contributed by atoms with Crippen molar-refractivity contribution in [1.82, 2.24) is 10.2 Å². The SMILES string of the molecule is CC1CCCC1NC(=O)N(CCO)Cc1ccccc1. The van der Waals surface area contributed by atoms with E-state index < -0.39 is 0 Å². The van der Waals surface area contributed by atoms with Crippen LogP contribution in [0.2, 0.25) is 0 Å². The van der Waals surface area contributed by atoms with Crippen LogP contribution >= 0.6 is 0 Å². The lowest BCUT2D eigenvalue weighted by atomic mass is 10.1. The lowest BCUT2D eigenvalue weighted by Crippen LogP contribution is -2.46. The molecule has 0 radical (unpaired) electrons. The van der Waals surface area contributed by atoms with Gasteiger partial charge in [0.05, 0.1) is 6.61 Å². The number of hydrogen-bond donors (Lipinski definition) is 2. The van der Waals surface area contributed by atoms with Gasteiger partial charge in [-0.15, -0.1) is 0 Å². The van der Waals surface area contributed by atoms with Crippen LogP contribution in [0, 0.1) is 5.92 Å². The topological polar surface area (TPSA) is 52.6 Å². The normalized spacial score (nSPS) is 21.7. The fourth-order valence-electron chi connectivity index (χ4n) is 2.79. The lowest BCUT2D eigenvalue weighted by Gasteiger charge is -2.26. The van der Waals surface area contributed by atoms with Crippen LogP contribution in [0.15, 0.2) is 30.3 Å². The molecule has 2 rings (SSSR count). The van der Waals surface area contributed by atoms with E-state index in [4.69, 9.17) is 5.11 Å². The Balaban J connectivity index is 1.95. The molecule has 2 N–H and O–H groups in total. The highest BCUT2D eigenvalue weighted by atomic mass is 16.3. The molecule has 0 bridgehead atoms. The van der Waals surface area contributed by atoms with Crippen molar-refractivity contribution in [2.45, 2.75) is 38.8 Å². The summed E-state index contributed by atoms with van der Waals surface area (Å²) in [5, 5.41) is 12.3. The number of aliphatic hydroxyl groups excluding tert-OH is 1. The molecule has 2 amide bonds. The van der Waals surface area contributed by atoms with Gasteiger partial charge in [-0.2, -0.15) is 0 Å². The number of nitrogens with one attached hydrogen (secondary N) is 1. The molecule has 1 aromatic carbocycles. The Labute approximate surface area is 120 Å². The summed E-state index contributed by atoms with van der Waals surface area (Å²) in [5.41, 5.74) is 1.08. The van der Waals surface area contributed by atoms with Gasteiger partial charge in [0.15, 0.2) is 0 Å². The second-order valence-electron chi connectivity index (χ2n) is 5.59. The predicted molar refractivity (Wildman–Crippen MR) is 79.3 cm³/mol. The number of nitrogens with zero attached hydrogens (tertiary/aromatic N) is 1. The van der Waals surface area contributed by atoms with Crippen molar-refractivity contribution in [1.29, 1.82) is 0 Å². The van der Waals surface area contributed by atoms with E-state index in [-0.39, 0.29) is 18.7 Å². The minimum Gasteiger partial charge on any atom is -0.395 e. The van der Waals surface area contributed by atoms with Gasteiger partial charge in [0.1, 0.15) is 0 Å². The first-order chi connectivity index (χ1) is 9.70. The van der Waals surface area contributed by atoms with Crippen molar-refractivity contribution in [3.63, 3.8) is 0 Å². The van der Waals surface area contributed by atoms with Gasteiger partial charge in [0, 0.05) is 19.1 Å². The first-order valence-corrected chi connectivity index (χ1v) is 7.41. The molecule has 0 saturated heterocycles. The summed E-state index contributed by atoms with van der Waals surface area (Å²) in [6.45, 7) is 3.07. The zero-order valence-electron chi connectivity index (χ0n) is 12.1. The van der Waals surface area contributed by atoms with Gasteiger partial charge < -0.3 is 15.3 Å². The number of carbonyl (C=O) groups excluding carboxylic acids is 1. The van der Waals surface area contributed by atoms with Crippen molar-refractivity contribution in [3.8, 4) is 0 Å². The average molecular weight is 276 g/mol. The van der Waals surface area contributed by atoms with E-state index in [0.717, 1.165) is 12.0 Å². The van der Waals surface area contributed by atoms with Crippen LogP contribution in [0.1, 0.15) is 31.7 Å². The van der Waals surface area contributed by atoms with E-state index in [1.807, 2.05) is 30.3 Å². The molecule has 4 heteroatoms. The molecule has 1 aliphatic carbocycles. The Morgan fingerprint density at radius 1 is 1.35 bits per heavy atom. The fraction of sp³-hybridized carbons (Fsp3) is 0.562. The van der Waals surface area contributed by atoms with Crippen molar-refractivity contribution >= 4 is 6.03 Å². The first kappa shape index (κ1) is 14.9. The second kappa shape index (κ2) is 7.29. The van der Waals surface area contributed by atoms with Gasteiger partial charge in [0.2, 0.25) is 0 Å². The summed E-state index contributed by atoms with van der Waals surface area (Å²) < 4.78 is 0. The third kappa shape index (κ3) is 3.97. The highest BCUT2D eigenvalue weighted by Gasteiger charge is 2.26. The molecule has 1 aromatic rings. The summed E-state index contributed by atoms with van der Waals surface area (Å²) in [7, 11) is 0. The van der Waals surface area contributed by atoms with E-state index in [9.17, 15) is 4.79 Å². The number of aliphatic hydroxyl groups is 1. The molecule has 0 heterocycles. The van der Waals surface area contributed by atoms with Crippen LogP contribution in [-0.4, -0.2) is 35.2 Å². The van der Waals surface area contributed by atoms with Gasteiger partial charge in [0.25, 0.3) is 0 Å². The van der Waals surface area contributed by atoms with Crippen molar-refractivity contribution in [2.24, 2.45) is 5.92 Å². The summed E-state index contributed by atoms with van der Waals surface area (Å²) in [4.78, 5) is 14.0. The number of rotatable bonds is 5. The molecule has 110 valence electrons. The van der Waals surface area contributed by atoms with Crippen LogP contribution in [0.4, 0.5) is 4.79 Å². The van der Waals surface area contributed by atoms with Crippen molar-refractivity contribution in [3.05, 3.63) is 35.9 Å². The summed E-state index contributed by atoms with van der Waals surface area (Å²) in [6, 6.07) is 10.1. The zero-order chi connectivity index (χ0) is 14.4. The lowest BCUT2D eigenvalue weighted by molar-refractivity contribution is 0.169. The third-order valence-corrected chi connectivity index (χ3v) is 4.04. The zero-order valence-corrected chi connectivity index (χ0v) is 12.1. The van der Waals surface area contributed by atoms with Gasteiger partial charge in [-0.3, -0.25) is 0 Å². The standard InChI is InChI=1S/C16H24N2O2/c1-13-6-5-9-15(13)17-16(20)18(10-11-19)12-14-7-3-2-4-8-14/h2-4,7-8,13,15,19H,5-6,9-12H2,1H3,(H,17,20). The molecule has 4 nitrogen and oxygen atoms in total. The number of hydrogen-bond acceptors (Lipinski definition) is 2. The maximum atomic E-state index is 12.3. The molecule has 0 spiro atoms. The molecule has 1 saturated carbocycles. The maximum Gasteiger partial charge on any atom is 0.318 e. The van der Waals surface area contributed by atoms with Crippen molar-refractivity contribution in [2.75, 3.05) is 13.2 Å². The second-order valence-corrected chi connectivity index (χ2v) is 5.59. The monoisotopic (exact) mass is 276 g/mol. The molecule has 20 heavy (non-hydrogen) atoms. The Bertz CT molecular complexity index is 422. The van der Waals surface area contributed by atoms with Gasteiger partial charge in [-0.1, -0.05) is 43.7 Å². The molecule has 0 aliphatic heterocycles. The highest BCUT2D eigenvalue weighted by molar-refractivity contribution is 5.74. The highest BCUT2D eigenvalue weighted by Crippen LogP contribution is 2.24. The average Bonchev–Trinajstić information content (AvgIpc) is 2.85. The number of benzene rings is 1. The number of urea groups is 1. The first-order valence-electron chi connectivity index (χ1n) is 7.41. The van der Waals surface area contributed by atoms with Crippen LogP contribution in [0.3, 0.4) is 0 Å². The Hall–Kier alpha value is -1.55. The largest absolute Gasteiger partial charge is 0.395 e. The summed E-state index contributed by atoms with van der Waals surface area (Å²) >= 11 is 0. The maximum absolute atomic E-state index is 12.3. The Morgan fingerprint density at radius 2 is 2.10 bits per heavy atom. The summed E-state index contributed by atoms with van der Waals surface area (Å²) in [6.07, 6.45) is 3.43. The molecular formula is C16H24N2O2. The minimum absolute atomic E-state index is 0.0134. The van der Waals surface area contributed by atoms with Gasteiger partial charge in [-0.25, -0.2) is 4.79 Å². The van der Waals surface area contributed by atoms with Crippen LogP contribution < -0.4 is 5.32 Å². The van der Waals surface area contributed by atoms with E-state index in [1.54, 1.807) is 4.90 Å². The Morgan fingerprint density at radius 3 is 2.70 bits per heavy atom. The molecule has 1 fully saturated rings. The van der Waals surface area contributed by atoms with E-state index in [2.05, 4.69) is 12.2 Å². The van der Waals surface area contributed by atoms with Crippen LogP contribution in [0.5, 0.6) is 0 Å². The fourth-order valence-corrected chi connectivity index (χ4v) is 2.79. The molecule has 0 aromatic heterocycles. The number of carbonyl (C=O) groups is 1. The van der Waals surface area contributed by atoms with E-state index >= 15 is 0 Å². The molecule has 2 atom stereocenters. The van der Waals surface area contributed by atoms with Crippen LogP contribution in [0.25, 0.3) is 0 Å². The van der Waals surface area contributed by atoms with E-state index in [0.29, 0.717) is 19.0 Å². The number of amides is 2.